The normalized spacial score (nSPS) is 18.6. The molecule has 3 aromatic carbocycles. The summed E-state index contributed by atoms with van der Waals surface area (Å²) in [7, 11) is 0. The molecule has 37 heavy (non-hydrogen) atoms. The Labute approximate surface area is 216 Å². The van der Waals surface area contributed by atoms with Crippen LogP contribution in [0.1, 0.15) is 46.4 Å². The zero-order valence-corrected chi connectivity index (χ0v) is 20.8. The lowest BCUT2D eigenvalue weighted by atomic mass is 9.85. The number of hydrogen-bond donors (Lipinski definition) is 0. The van der Waals surface area contributed by atoms with Gasteiger partial charge in [0.05, 0.1) is 24.9 Å². The Hall–Kier alpha value is -3.95. The fraction of sp³-hybridized carbons (Fsp3) is 0.290. The molecule has 0 bridgehead atoms. The van der Waals surface area contributed by atoms with Crippen molar-refractivity contribution in [2.45, 2.75) is 19.6 Å². The maximum Gasteiger partial charge on any atom is 0.150 e. The van der Waals surface area contributed by atoms with Crippen LogP contribution in [0.3, 0.4) is 0 Å². The zero-order chi connectivity index (χ0) is 25.4. The molecule has 3 aliphatic heterocycles. The van der Waals surface area contributed by atoms with Crippen LogP contribution >= 0.6 is 0 Å². The van der Waals surface area contributed by atoms with E-state index in [-0.39, 0.29) is 18.7 Å². The molecule has 0 amide bonds. The highest BCUT2D eigenvalue weighted by Gasteiger charge is 2.32. The van der Waals surface area contributed by atoms with Crippen molar-refractivity contribution < 1.29 is 13.9 Å². The van der Waals surface area contributed by atoms with Gasteiger partial charge in [0.15, 0.2) is 0 Å². The van der Waals surface area contributed by atoms with Gasteiger partial charge in [0.1, 0.15) is 24.2 Å². The first-order valence-corrected chi connectivity index (χ1v) is 12.7. The third-order valence-corrected chi connectivity index (χ3v) is 7.51. The molecule has 1 unspecified atom stereocenters. The van der Waals surface area contributed by atoms with Crippen LogP contribution in [0.5, 0.6) is 11.5 Å². The van der Waals surface area contributed by atoms with Crippen LogP contribution in [0.15, 0.2) is 65.7 Å². The van der Waals surface area contributed by atoms with Gasteiger partial charge in [-0.3, -0.25) is 14.3 Å². The number of allylic oxidation sites excluding steroid dienone is 1. The molecule has 3 heterocycles. The highest BCUT2D eigenvalue weighted by Crippen LogP contribution is 2.48. The molecule has 6 heteroatoms. The minimum Gasteiger partial charge on any atom is -0.492 e. The molecule has 186 valence electrons. The second-order valence-corrected chi connectivity index (χ2v) is 9.91. The topological polar surface area (TPSA) is 57.8 Å². The fourth-order valence-electron chi connectivity index (χ4n) is 5.41. The highest BCUT2D eigenvalue weighted by atomic mass is 19.1. The molecule has 0 saturated carbocycles. The van der Waals surface area contributed by atoms with Crippen LogP contribution in [-0.4, -0.2) is 44.0 Å². The zero-order valence-electron chi connectivity index (χ0n) is 20.8. The van der Waals surface area contributed by atoms with Crippen LogP contribution in [0, 0.1) is 17.2 Å². The first-order chi connectivity index (χ1) is 18.1. The van der Waals surface area contributed by atoms with E-state index >= 15 is 0 Å². The summed E-state index contributed by atoms with van der Waals surface area (Å²) in [6.45, 7) is 5.60. The number of halogens is 1. The lowest BCUT2D eigenvalue weighted by molar-refractivity contribution is 0.0668. The van der Waals surface area contributed by atoms with E-state index in [9.17, 15) is 9.65 Å². The third kappa shape index (κ3) is 4.41. The SMILES string of the molecule is CC1=C(c2ccc(C#N)cc2)C(c2ccc(OCCN3CC(CF)C3)cc2)Oc2c1ccc1c2C=NC1. The van der Waals surface area contributed by atoms with Gasteiger partial charge in [-0.1, -0.05) is 36.4 Å². The summed E-state index contributed by atoms with van der Waals surface area (Å²) in [5.74, 6) is 1.87. The average Bonchev–Trinajstić information content (AvgIpc) is 3.40. The predicted molar refractivity (Wildman–Crippen MR) is 143 cm³/mol. The van der Waals surface area contributed by atoms with Gasteiger partial charge in [-0.05, 0) is 53.5 Å². The van der Waals surface area contributed by atoms with Crippen molar-refractivity contribution in [3.8, 4) is 17.6 Å². The smallest absolute Gasteiger partial charge is 0.150 e. The maximum atomic E-state index is 12.6. The number of hydrogen-bond acceptors (Lipinski definition) is 5. The molecule has 1 atom stereocenters. The first kappa shape index (κ1) is 23.4. The summed E-state index contributed by atoms with van der Waals surface area (Å²) in [5.41, 5.74) is 8.23. The van der Waals surface area contributed by atoms with Crippen LogP contribution in [-0.2, 0) is 6.54 Å². The van der Waals surface area contributed by atoms with Gasteiger partial charge in [-0.15, -0.1) is 0 Å². The number of alkyl halides is 1. The van der Waals surface area contributed by atoms with E-state index in [0.29, 0.717) is 18.7 Å². The van der Waals surface area contributed by atoms with Crippen molar-refractivity contribution in [2.75, 3.05) is 32.9 Å². The Morgan fingerprint density at radius 2 is 1.86 bits per heavy atom. The van der Waals surface area contributed by atoms with Crippen LogP contribution in [0.4, 0.5) is 4.39 Å². The predicted octanol–water partition coefficient (Wildman–Crippen LogP) is 5.84. The number of benzene rings is 3. The van der Waals surface area contributed by atoms with Gasteiger partial charge >= 0.3 is 0 Å². The minimum absolute atomic E-state index is 0.189. The number of likely N-dealkylation sites (tertiary alicyclic amines) is 1. The van der Waals surface area contributed by atoms with E-state index in [1.807, 2.05) is 42.6 Å². The van der Waals surface area contributed by atoms with Crippen LogP contribution in [0.25, 0.3) is 11.1 Å². The Kier molecular flexibility index (Phi) is 6.23. The molecule has 6 rings (SSSR count). The van der Waals surface area contributed by atoms with Gasteiger partial charge in [0.25, 0.3) is 0 Å². The summed E-state index contributed by atoms with van der Waals surface area (Å²) in [5, 5.41) is 9.27. The summed E-state index contributed by atoms with van der Waals surface area (Å²) in [4.78, 5) is 6.67. The van der Waals surface area contributed by atoms with Crippen LogP contribution < -0.4 is 9.47 Å². The van der Waals surface area contributed by atoms with Crippen molar-refractivity contribution in [3.05, 3.63) is 94.0 Å². The first-order valence-electron chi connectivity index (χ1n) is 12.7. The lowest BCUT2D eigenvalue weighted by Gasteiger charge is -2.37. The summed E-state index contributed by atoms with van der Waals surface area (Å²) < 4.78 is 25.4. The molecule has 3 aliphatic rings. The molecule has 1 fully saturated rings. The lowest BCUT2D eigenvalue weighted by Crippen LogP contribution is -2.49. The van der Waals surface area contributed by atoms with E-state index in [4.69, 9.17) is 9.47 Å². The van der Waals surface area contributed by atoms with Gasteiger partial charge in [0, 0.05) is 48.5 Å². The minimum atomic E-state index is -0.311. The van der Waals surface area contributed by atoms with E-state index in [2.05, 4.69) is 47.2 Å². The number of fused-ring (bicyclic) bond motifs is 3. The standard InChI is InChI=1S/C31H28FN3O2/c1-20-27-11-8-25-16-34-17-28(25)31(27)37-30(29(20)23-4-2-21(15-33)3-5-23)24-6-9-26(10-7-24)36-13-12-35-18-22(14-32)19-35/h2-11,17,22,30H,12-14,16,18-19H2,1H3. The van der Waals surface area contributed by atoms with Gasteiger partial charge in [-0.2, -0.15) is 5.26 Å². The number of aliphatic imine (C=N–C) groups is 1. The van der Waals surface area contributed by atoms with Crippen molar-refractivity contribution in [1.82, 2.24) is 4.90 Å². The quantitative estimate of drug-likeness (QED) is 0.415. The Morgan fingerprint density at radius 3 is 2.59 bits per heavy atom. The molecule has 5 nitrogen and oxygen atoms in total. The molecule has 0 N–H and O–H groups in total. The molecule has 1 saturated heterocycles. The van der Waals surface area contributed by atoms with Crippen molar-refractivity contribution in [1.29, 1.82) is 5.26 Å². The molecular weight excluding hydrogens is 465 g/mol. The van der Waals surface area contributed by atoms with E-state index in [1.165, 1.54) is 5.56 Å². The maximum absolute atomic E-state index is 12.6. The Balaban J connectivity index is 1.29. The molecule has 0 spiro atoms. The Morgan fingerprint density at radius 1 is 1.08 bits per heavy atom. The van der Waals surface area contributed by atoms with E-state index in [0.717, 1.165) is 64.5 Å². The number of nitrogens with zero attached hydrogens (tertiary/aromatic N) is 3. The molecule has 0 aromatic heterocycles. The van der Waals surface area contributed by atoms with Gasteiger partial charge in [-0.25, -0.2) is 0 Å². The number of ether oxygens (including phenoxy) is 2. The van der Waals surface area contributed by atoms with Gasteiger partial charge in [0.2, 0.25) is 0 Å². The molecule has 0 radical (unpaired) electrons. The Bertz CT molecular complexity index is 1410. The van der Waals surface area contributed by atoms with E-state index < -0.39 is 0 Å². The summed E-state index contributed by atoms with van der Waals surface area (Å²) in [6, 6.07) is 22.2. The summed E-state index contributed by atoms with van der Waals surface area (Å²) in [6.07, 6.45) is 1.60. The van der Waals surface area contributed by atoms with Crippen molar-refractivity contribution in [3.63, 3.8) is 0 Å². The van der Waals surface area contributed by atoms with Crippen molar-refractivity contribution in [2.24, 2.45) is 10.9 Å². The van der Waals surface area contributed by atoms with Crippen molar-refractivity contribution >= 4 is 17.4 Å². The molecular formula is C31H28FN3O2. The highest BCUT2D eigenvalue weighted by molar-refractivity contribution is 5.99. The van der Waals surface area contributed by atoms with Gasteiger partial charge < -0.3 is 9.47 Å². The van der Waals surface area contributed by atoms with E-state index in [1.54, 1.807) is 0 Å². The fourth-order valence-corrected chi connectivity index (χ4v) is 5.41. The number of nitriles is 1. The second-order valence-electron chi connectivity index (χ2n) is 9.91. The second kappa shape index (κ2) is 9.84. The third-order valence-electron chi connectivity index (χ3n) is 7.51. The monoisotopic (exact) mass is 493 g/mol. The average molecular weight is 494 g/mol. The molecule has 0 aliphatic carbocycles. The number of rotatable bonds is 7. The summed E-state index contributed by atoms with van der Waals surface area (Å²) >= 11 is 0. The van der Waals surface area contributed by atoms with Crippen LogP contribution in [0.2, 0.25) is 0 Å². The molecule has 3 aromatic rings. The largest absolute Gasteiger partial charge is 0.492 e.